The zero-order valence-electron chi connectivity index (χ0n) is 6.57. The lowest BCUT2D eigenvalue weighted by atomic mass is 10.0. The molecule has 1 aromatic rings. The summed E-state index contributed by atoms with van der Waals surface area (Å²) in [5.41, 5.74) is 12.4. The molecule has 1 rings (SSSR count). The molecule has 0 amide bonds. The van der Waals surface area contributed by atoms with Crippen LogP contribution in [-0.4, -0.2) is 11.0 Å². The van der Waals surface area contributed by atoms with Crippen molar-refractivity contribution < 1.29 is 0 Å². The van der Waals surface area contributed by atoms with Gasteiger partial charge in [0.25, 0.3) is 0 Å². The molecule has 0 spiro atoms. The highest BCUT2D eigenvalue weighted by atomic mass is 14.8. The van der Waals surface area contributed by atoms with Crippen LogP contribution in [0.2, 0.25) is 0 Å². The molecule has 0 unspecified atom stereocenters. The van der Waals surface area contributed by atoms with E-state index in [1.165, 1.54) is 0 Å². The third kappa shape index (κ3) is 2.00. The molecule has 3 heteroatoms. The standard InChI is InChI=1S/C8H13N3/c1-6(9)8(10)7-2-4-11-5-3-7/h2-6,8H,9-10H2,1H3/t6-,8+/m1/s1. The van der Waals surface area contributed by atoms with Gasteiger partial charge in [0, 0.05) is 24.5 Å². The normalized spacial score (nSPS) is 15.9. The van der Waals surface area contributed by atoms with Gasteiger partial charge >= 0.3 is 0 Å². The van der Waals surface area contributed by atoms with Crippen molar-refractivity contribution in [3.05, 3.63) is 30.1 Å². The van der Waals surface area contributed by atoms with Gasteiger partial charge in [-0.2, -0.15) is 0 Å². The van der Waals surface area contributed by atoms with Gasteiger partial charge in [0.1, 0.15) is 0 Å². The summed E-state index contributed by atoms with van der Waals surface area (Å²) in [5.74, 6) is 0. The molecule has 1 aromatic heterocycles. The van der Waals surface area contributed by atoms with Crippen LogP contribution in [0.15, 0.2) is 24.5 Å². The highest BCUT2D eigenvalue weighted by Crippen LogP contribution is 2.10. The van der Waals surface area contributed by atoms with E-state index in [1.807, 2.05) is 19.1 Å². The minimum absolute atomic E-state index is 0.0163. The second kappa shape index (κ2) is 3.46. The first kappa shape index (κ1) is 8.17. The summed E-state index contributed by atoms with van der Waals surface area (Å²) in [4.78, 5) is 3.89. The summed E-state index contributed by atoms with van der Waals surface area (Å²) < 4.78 is 0. The van der Waals surface area contributed by atoms with E-state index in [-0.39, 0.29) is 12.1 Å². The monoisotopic (exact) mass is 151 g/mol. The molecular weight excluding hydrogens is 138 g/mol. The van der Waals surface area contributed by atoms with Crippen LogP contribution >= 0.6 is 0 Å². The molecule has 1 heterocycles. The molecule has 0 aliphatic carbocycles. The van der Waals surface area contributed by atoms with Crippen LogP contribution < -0.4 is 11.5 Å². The fraction of sp³-hybridized carbons (Fsp3) is 0.375. The molecule has 0 aliphatic rings. The van der Waals surface area contributed by atoms with Gasteiger partial charge in [0.05, 0.1) is 0 Å². The first-order chi connectivity index (χ1) is 5.22. The van der Waals surface area contributed by atoms with Crippen molar-refractivity contribution in [3.63, 3.8) is 0 Å². The van der Waals surface area contributed by atoms with Crippen molar-refractivity contribution in [1.82, 2.24) is 4.98 Å². The molecule has 0 radical (unpaired) electrons. The van der Waals surface area contributed by atoms with E-state index in [0.29, 0.717) is 0 Å². The predicted octanol–water partition coefficient (Wildman–Crippen LogP) is 0.429. The summed E-state index contributed by atoms with van der Waals surface area (Å²) >= 11 is 0. The Kier molecular flexibility index (Phi) is 2.57. The number of hydrogen-bond donors (Lipinski definition) is 2. The molecule has 0 aromatic carbocycles. The SMILES string of the molecule is C[C@@H](N)[C@H](N)c1ccncc1. The lowest BCUT2D eigenvalue weighted by Crippen LogP contribution is -2.30. The van der Waals surface area contributed by atoms with Crippen molar-refractivity contribution >= 4 is 0 Å². The second-order valence-electron chi connectivity index (χ2n) is 2.67. The molecule has 2 atom stereocenters. The van der Waals surface area contributed by atoms with Crippen LogP contribution in [0.25, 0.3) is 0 Å². The fourth-order valence-electron chi connectivity index (χ4n) is 0.889. The topological polar surface area (TPSA) is 64.9 Å². The lowest BCUT2D eigenvalue weighted by molar-refractivity contribution is 0.588. The van der Waals surface area contributed by atoms with E-state index in [2.05, 4.69) is 4.98 Å². The number of nitrogens with two attached hydrogens (primary N) is 2. The van der Waals surface area contributed by atoms with Crippen LogP contribution in [0.3, 0.4) is 0 Å². The zero-order chi connectivity index (χ0) is 8.27. The lowest BCUT2D eigenvalue weighted by Gasteiger charge is -2.14. The van der Waals surface area contributed by atoms with E-state index in [9.17, 15) is 0 Å². The maximum absolute atomic E-state index is 5.78. The van der Waals surface area contributed by atoms with Gasteiger partial charge in [-0.3, -0.25) is 4.98 Å². The molecule has 3 nitrogen and oxygen atoms in total. The number of rotatable bonds is 2. The van der Waals surface area contributed by atoms with E-state index in [4.69, 9.17) is 11.5 Å². The summed E-state index contributed by atoms with van der Waals surface area (Å²) in [7, 11) is 0. The molecule has 0 aliphatic heterocycles. The third-order valence-corrected chi connectivity index (χ3v) is 1.66. The molecule has 11 heavy (non-hydrogen) atoms. The number of aromatic nitrogens is 1. The Morgan fingerprint density at radius 1 is 1.27 bits per heavy atom. The largest absolute Gasteiger partial charge is 0.326 e. The van der Waals surface area contributed by atoms with Crippen LogP contribution in [-0.2, 0) is 0 Å². The Bertz CT molecular complexity index is 208. The van der Waals surface area contributed by atoms with Gasteiger partial charge in [-0.15, -0.1) is 0 Å². The molecular formula is C8H13N3. The van der Waals surface area contributed by atoms with Crippen LogP contribution in [0, 0.1) is 0 Å². The Balaban J connectivity index is 2.77. The number of nitrogens with zero attached hydrogens (tertiary/aromatic N) is 1. The van der Waals surface area contributed by atoms with Gasteiger partial charge in [0.2, 0.25) is 0 Å². The molecule has 0 fully saturated rings. The summed E-state index contributed by atoms with van der Waals surface area (Å²) in [6.07, 6.45) is 3.44. The maximum Gasteiger partial charge on any atom is 0.0447 e. The Morgan fingerprint density at radius 2 is 1.82 bits per heavy atom. The second-order valence-corrected chi connectivity index (χ2v) is 2.67. The zero-order valence-corrected chi connectivity index (χ0v) is 6.57. The van der Waals surface area contributed by atoms with Gasteiger partial charge in [-0.05, 0) is 24.6 Å². The van der Waals surface area contributed by atoms with Gasteiger partial charge in [0.15, 0.2) is 0 Å². The van der Waals surface area contributed by atoms with Gasteiger partial charge in [-0.25, -0.2) is 0 Å². The van der Waals surface area contributed by atoms with Crippen LogP contribution in [0.4, 0.5) is 0 Å². The number of hydrogen-bond acceptors (Lipinski definition) is 3. The first-order valence-electron chi connectivity index (χ1n) is 3.63. The summed E-state index contributed by atoms with van der Waals surface area (Å²) in [6.45, 7) is 1.89. The Labute approximate surface area is 66.4 Å². The van der Waals surface area contributed by atoms with Crippen molar-refractivity contribution in [2.45, 2.75) is 19.0 Å². The maximum atomic E-state index is 5.78. The number of pyridine rings is 1. The highest BCUT2D eigenvalue weighted by molar-refractivity contribution is 5.15. The Hall–Kier alpha value is -0.930. The first-order valence-corrected chi connectivity index (χ1v) is 3.63. The predicted molar refractivity (Wildman–Crippen MR) is 44.8 cm³/mol. The van der Waals surface area contributed by atoms with E-state index >= 15 is 0 Å². The molecule has 60 valence electrons. The minimum atomic E-state index is -0.0852. The van der Waals surface area contributed by atoms with E-state index in [0.717, 1.165) is 5.56 Å². The Morgan fingerprint density at radius 3 is 2.27 bits per heavy atom. The van der Waals surface area contributed by atoms with Gasteiger partial charge < -0.3 is 11.5 Å². The van der Waals surface area contributed by atoms with E-state index < -0.39 is 0 Å². The summed E-state index contributed by atoms with van der Waals surface area (Å²) in [5, 5.41) is 0. The fourth-order valence-corrected chi connectivity index (χ4v) is 0.889. The average molecular weight is 151 g/mol. The molecule has 0 saturated heterocycles. The highest BCUT2D eigenvalue weighted by Gasteiger charge is 2.08. The smallest absolute Gasteiger partial charge is 0.0447 e. The quantitative estimate of drug-likeness (QED) is 0.644. The minimum Gasteiger partial charge on any atom is -0.326 e. The van der Waals surface area contributed by atoms with Crippen molar-refractivity contribution in [2.24, 2.45) is 11.5 Å². The molecule has 4 N–H and O–H groups in total. The average Bonchev–Trinajstić information content (AvgIpc) is 2.05. The molecule has 0 saturated carbocycles. The van der Waals surface area contributed by atoms with Crippen LogP contribution in [0.5, 0.6) is 0 Å². The van der Waals surface area contributed by atoms with Crippen molar-refractivity contribution in [3.8, 4) is 0 Å². The molecule has 0 bridgehead atoms. The van der Waals surface area contributed by atoms with Crippen LogP contribution in [0.1, 0.15) is 18.5 Å². The van der Waals surface area contributed by atoms with Crippen molar-refractivity contribution in [2.75, 3.05) is 0 Å². The van der Waals surface area contributed by atoms with E-state index in [1.54, 1.807) is 12.4 Å². The summed E-state index contributed by atoms with van der Waals surface area (Å²) in [6, 6.07) is 3.66. The van der Waals surface area contributed by atoms with Crippen molar-refractivity contribution in [1.29, 1.82) is 0 Å². The third-order valence-electron chi connectivity index (χ3n) is 1.66. The van der Waals surface area contributed by atoms with Gasteiger partial charge in [-0.1, -0.05) is 0 Å².